The Kier molecular flexibility index (Phi) is 1.83. The fourth-order valence-electron chi connectivity index (χ4n) is 1.53. The van der Waals surface area contributed by atoms with E-state index in [1.165, 1.54) is 19.5 Å². The molecule has 0 spiro atoms. The Morgan fingerprint density at radius 3 is 2.62 bits per heavy atom. The van der Waals surface area contributed by atoms with Crippen molar-refractivity contribution in [1.82, 2.24) is 9.13 Å². The monoisotopic (exact) mass is 180 g/mol. The van der Waals surface area contributed by atoms with Gasteiger partial charge in [0.15, 0.2) is 0 Å². The number of hydrogen-bond acceptors (Lipinski definition) is 2. The van der Waals surface area contributed by atoms with Crippen LogP contribution in [0.4, 0.5) is 0 Å². The van der Waals surface area contributed by atoms with Crippen molar-refractivity contribution in [2.45, 2.75) is 25.3 Å². The van der Waals surface area contributed by atoms with Gasteiger partial charge in [0.05, 0.1) is 0 Å². The van der Waals surface area contributed by atoms with Gasteiger partial charge in [-0.25, -0.2) is 4.79 Å². The fourth-order valence-corrected chi connectivity index (χ4v) is 1.53. The van der Waals surface area contributed by atoms with E-state index in [9.17, 15) is 9.59 Å². The highest BCUT2D eigenvalue weighted by atomic mass is 16.2. The Hall–Kier alpha value is -1.32. The van der Waals surface area contributed by atoms with Crippen LogP contribution in [0.3, 0.4) is 0 Å². The predicted octanol–water partition coefficient (Wildman–Crippen LogP) is 0.272. The number of nitrogens with zero attached hydrogens (tertiary/aromatic N) is 2. The van der Waals surface area contributed by atoms with Crippen molar-refractivity contribution in [3.05, 3.63) is 33.1 Å². The lowest BCUT2D eigenvalue weighted by Crippen LogP contribution is -2.40. The molecular weight excluding hydrogens is 168 g/mol. The van der Waals surface area contributed by atoms with Gasteiger partial charge in [-0.2, -0.15) is 0 Å². The molecule has 1 saturated carbocycles. The van der Waals surface area contributed by atoms with Gasteiger partial charge in [-0.3, -0.25) is 13.9 Å². The molecule has 13 heavy (non-hydrogen) atoms. The van der Waals surface area contributed by atoms with E-state index in [4.69, 9.17) is 0 Å². The number of hydrogen-bond donors (Lipinski definition) is 0. The molecule has 4 heteroatoms. The van der Waals surface area contributed by atoms with Crippen LogP contribution in [0.2, 0.25) is 0 Å². The molecule has 0 radical (unpaired) electrons. The Bertz CT molecular complexity index is 426. The standard InChI is InChI=1S/C9H12N2O2/c1-10-8(12)5-6-11(9(10)13)7-3-2-4-7/h5-7H,2-4H2,1H3. The van der Waals surface area contributed by atoms with Crippen molar-refractivity contribution in [2.24, 2.45) is 7.05 Å². The largest absolute Gasteiger partial charge is 0.330 e. The maximum absolute atomic E-state index is 11.5. The Labute approximate surface area is 75.4 Å². The molecule has 1 fully saturated rings. The van der Waals surface area contributed by atoms with Gasteiger partial charge in [0.1, 0.15) is 0 Å². The molecule has 1 aromatic rings. The second kappa shape index (κ2) is 2.87. The van der Waals surface area contributed by atoms with E-state index in [-0.39, 0.29) is 11.2 Å². The summed E-state index contributed by atoms with van der Waals surface area (Å²) in [5.41, 5.74) is -0.433. The SMILES string of the molecule is Cn1c(=O)ccn(C2CCC2)c1=O. The van der Waals surface area contributed by atoms with Crippen molar-refractivity contribution in [2.75, 3.05) is 0 Å². The van der Waals surface area contributed by atoms with Crippen LogP contribution in [0.25, 0.3) is 0 Å². The highest BCUT2D eigenvalue weighted by Crippen LogP contribution is 2.29. The maximum Gasteiger partial charge on any atom is 0.330 e. The number of rotatable bonds is 1. The zero-order valence-electron chi connectivity index (χ0n) is 7.56. The summed E-state index contributed by atoms with van der Waals surface area (Å²) in [5, 5.41) is 0. The van der Waals surface area contributed by atoms with Crippen LogP contribution in [-0.4, -0.2) is 9.13 Å². The van der Waals surface area contributed by atoms with E-state index in [0.717, 1.165) is 17.4 Å². The van der Waals surface area contributed by atoms with Crippen LogP contribution in [-0.2, 0) is 7.05 Å². The lowest BCUT2D eigenvalue weighted by atomic mass is 9.93. The summed E-state index contributed by atoms with van der Waals surface area (Å²) in [6.07, 6.45) is 4.89. The van der Waals surface area contributed by atoms with E-state index in [1.54, 1.807) is 10.8 Å². The normalized spacial score (nSPS) is 17.0. The molecule has 4 nitrogen and oxygen atoms in total. The molecule has 1 aliphatic rings. The summed E-state index contributed by atoms with van der Waals surface area (Å²) >= 11 is 0. The third-order valence-corrected chi connectivity index (χ3v) is 2.68. The van der Waals surface area contributed by atoms with E-state index in [1.807, 2.05) is 0 Å². The molecule has 0 aliphatic heterocycles. The first kappa shape index (κ1) is 8.29. The van der Waals surface area contributed by atoms with Gasteiger partial charge in [0, 0.05) is 25.4 Å². The molecule has 70 valence electrons. The van der Waals surface area contributed by atoms with E-state index in [2.05, 4.69) is 0 Å². The second-order valence-electron chi connectivity index (χ2n) is 3.49. The summed E-state index contributed by atoms with van der Waals surface area (Å²) in [6, 6.07) is 1.76. The first-order valence-corrected chi connectivity index (χ1v) is 4.48. The molecule has 0 amide bonds. The molecular formula is C9H12N2O2. The van der Waals surface area contributed by atoms with Crippen LogP contribution in [0.5, 0.6) is 0 Å². The van der Waals surface area contributed by atoms with Crippen LogP contribution in [0.15, 0.2) is 21.9 Å². The summed E-state index contributed by atoms with van der Waals surface area (Å²) < 4.78 is 2.81. The van der Waals surface area contributed by atoms with Gasteiger partial charge in [-0.15, -0.1) is 0 Å². The topological polar surface area (TPSA) is 44.0 Å². The molecule has 0 saturated heterocycles. The third kappa shape index (κ3) is 1.22. The van der Waals surface area contributed by atoms with Gasteiger partial charge >= 0.3 is 5.69 Å². The first-order chi connectivity index (χ1) is 6.20. The smallest absolute Gasteiger partial charge is 0.297 e. The Morgan fingerprint density at radius 1 is 1.38 bits per heavy atom. The van der Waals surface area contributed by atoms with Gasteiger partial charge in [-0.1, -0.05) is 0 Å². The molecule has 2 rings (SSSR count). The summed E-state index contributed by atoms with van der Waals surface area (Å²) in [6.45, 7) is 0. The van der Waals surface area contributed by atoms with E-state index >= 15 is 0 Å². The fraction of sp³-hybridized carbons (Fsp3) is 0.556. The van der Waals surface area contributed by atoms with Crippen LogP contribution in [0.1, 0.15) is 25.3 Å². The average Bonchev–Trinajstić information content (AvgIpc) is 2.03. The van der Waals surface area contributed by atoms with Crippen molar-refractivity contribution in [1.29, 1.82) is 0 Å². The predicted molar refractivity (Wildman–Crippen MR) is 48.8 cm³/mol. The van der Waals surface area contributed by atoms with Gasteiger partial charge < -0.3 is 0 Å². The molecule has 0 aromatic carbocycles. The summed E-state index contributed by atoms with van der Waals surface area (Å²) in [5.74, 6) is 0. The second-order valence-corrected chi connectivity index (χ2v) is 3.49. The molecule has 0 bridgehead atoms. The minimum absolute atomic E-state index is 0.197. The van der Waals surface area contributed by atoms with Crippen molar-refractivity contribution < 1.29 is 0 Å². The minimum Gasteiger partial charge on any atom is -0.297 e. The van der Waals surface area contributed by atoms with Crippen LogP contribution >= 0.6 is 0 Å². The van der Waals surface area contributed by atoms with Crippen molar-refractivity contribution in [3.63, 3.8) is 0 Å². The lowest BCUT2D eigenvalue weighted by molar-refractivity contribution is 0.298. The van der Waals surface area contributed by atoms with E-state index < -0.39 is 0 Å². The van der Waals surface area contributed by atoms with Crippen molar-refractivity contribution in [3.8, 4) is 0 Å². The maximum atomic E-state index is 11.5. The van der Waals surface area contributed by atoms with Gasteiger partial charge in [0.25, 0.3) is 5.56 Å². The Morgan fingerprint density at radius 2 is 2.08 bits per heavy atom. The quantitative estimate of drug-likeness (QED) is 0.622. The zero-order chi connectivity index (χ0) is 9.42. The molecule has 1 aliphatic carbocycles. The average molecular weight is 180 g/mol. The molecule has 0 N–H and O–H groups in total. The summed E-state index contributed by atoms with van der Waals surface area (Å²) in [7, 11) is 1.51. The van der Waals surface area contributed by atoms with Crippen LogP contribution in [0, 0.1) is 0 Å². The zero-order valence-corrected chi connectivity index (χ0v) is 7.56. The molecule has 1 heterocycles. The van der Waals surface area contributed by atoms with Gasteiger partial charge in [-0.05, 0) is 19.3 Å². The summed E-state index contributed by atoms with van der Waals surface area (Å²) in [4.78, 5) is 22.6. The van der Waals surface area contributed by atoms with Gasteiger partial charge in [0.2, 0.25) is 0 Å². The highest BCUT2D eigenvalue weighted by molar-refractivity contribution is 4.90. The van der Waals surface area contributed by atoms with Crippen molar-refractivity contribution >= 4 is 0 Å². The minimum atomic E-state index is -0.236. The molecule has 0 atom stereocenters. The highest BCUT2D eigenvalue weighted by Gasteiger charge is 2.20. The van der Waals surface area contributed by atoms with Crippen LogP contribution < -0.4 is 11.2 Å². The molecule has 0 unspecified atom stereocenters. The lowest BCUT2D eigenvalue weighted by Gasteiger charge is -2.27. The van der Waals surface area contributed by atoms with E-state index in [0.29, 0.717) is 6.04 Å². The first-order valence-electron chi connectivity index (χ1n) is 4.48. The number of aromatic nitrogens is 2. The third-order valence-electron chi connectivity index (χ3n) is 2.68. The Balaban J connectivity index is 2.53. The molecule has 1 aromatic heterocycles.